The minimum atomic E-state index is 0.546. The van der Waals surface area contributed by atoms with Crippen molar-refractivity contribution in [3.05, 3.63) is 47.3 Å². The van der Waals surface area contributed by atoms with E-state index in [2.05, 4.69) is 50.1 Å². The number of hydrogen-bond acceptors (Lipinski definition) is 3. The van der Waals surface area contributed by atoms with Crippen molar-refractivity contribution >= 4 is 5.96 Å². The zero-order valence-electron chi connectivity index (χ0n) is 16.9. The Hall–Kier alpha value is -2.50. The van der Waals surface area contributed by atoms with Gasteiger partial charge in [-0.05, 0) is 50.5 Å². The van der Waals surface area contributed by atoms with E-state index in [1.807, 2.05) is 26.1 Å². The Kier molecular flexibility index (Phi) is 6.37. The van der Waals surface area contributed by atoms with Gasteiger partial charge in [-0.3, -0.25) is 9.67 Å². The molecule has 0 aliphatic carbocycles. The molecule has 0 amide bonds. The van der Waals surface area contributed by atoms with Gasteiger partial charge in [0.15, 0.2) is 5.96 Å². The van der Waals surface area contributed by atoms with Crippen LogP contribution in [0, 0.1) is 13.8 Å². The molecular formula is C21H31N5O. The molecule has 6 heteroatoms. The second kappa shape index (κ2) is 8.93. The summed E-state index contributed by atoms with van der Waals surface area (Å²) in [6, 6.07) is 10.6. The third-order valence-electron chi connectivity index (χ3n) is 5.22. The van der Waals surface area contributed by atoms with Crippen LogP contribution in [0.5, 0.6) is 5.75 Å². The van der Waals surface area contributed by atoms with Crippen molar-refractivity contribution in [3.8, 4) is 5.75 Å². The van der Waals surface area contributed by atoms with E-state index in [4.69, 9.17) is 4.74 Å². The lowest BCUT2D eigenvalue weighted by Gasteiger charge is -2.22. The van der Waals surface area contributed by atoms with E-state index in [0.29, 0.717) is 5.92 Å². The highest BCUT2D eigenvalue weighted by Crippen LogP contribution is 2.28. The number of hydrogen-bond donors (Lipinski definition) is 1. The molecule has 1 fully saturated rings. The summed E-state index contributed by atoms with van der Waals surface area (Å²) in [7, 11) is 3.57. The number of likely N-dealkylation sites (tertiary alicyclic amines) is 1. The number of nitrogens with one attached hydrogen (secondary N) is 1. The van der Waals surface area contributed by atoms with Crippen molar-refractivity contribution in [2.24, 2.45) is 4.99 Å². The van der Waals surface area contributed by atoms with E-state index >= 15 is 0 Å². The molecule has 0 bridgehead atoms. The predicted octanol–water partition coefficient (Wildman–Crippen LogP) is 2.96. The summed E-state index contributed by atoms with van der Waals surface area (Å²) in [6.45, 7) is 8.01. The summed E-state index contributed by atoms with van der Waals surface area (Å²) in [4.78, 5) is 6.84. The number of guanidine groups is 1. The maximum absolute atomic E-state index is 5.26. The molecular weight excluding hydrogens is 338 g/mol. The highest BCUT2D eigenvalue weighted by atomic mass is 16.5. The Morgan fingerprint density at radius 2 is 2.07 bits per heavy atom. The molecule has 0 saturated carbocycles. The molecule has 2 aromatic rings. The number of aliphatic imine (C=N–C) groups is 1. The van der Waals surface area contributed by atoms with Crippen LogP contribution >= 0.6 is 0 Å². The Morgan fingerprint density at radius 1 is 1.30 bits per heavy atom. The van der Waals surface area contributed by atoms with Gasteiger partial charge in [0.05, 0.1) is 12.8 Å². The van der Waals surface area contributed by atoms with Gasteiger partial charge in [-0.1, -0.05) is 12.1 Å². The Morgan fingerprint density at radius 3 is 2.70 bits per heavy atom. The molecule has 1 unspecified atom stereocenters. The van der Waals surface area contributed by atoms with E-state index in [9.17, 15) is 0 Å². The Bertz CT molecular complexity index is 765. The third-order valence-corrected chi connectivity index (χ3v) is 5.22. The van der Waals surface area contributed by atoms with E-state index in [0.717, 1.165) is 56.4 Å². The van der Waals surface area contributed by atoms with Crippen molar-refractivity contribution in [2.45, 2.75) is 39.2 Å². The molecule has 6 nitrogen and oxygen atoms in total. The average molecular weight is 370 g/mol. The van der Waals surface area contributed by atoms with Crippen LogP contribution in [-0.4, -0.2) is 54.4 Å². The molecule has 1 aliphatic rings. The van der Waals surface area contributed by atoms with E-state index in [1.54, 1.807) is 7.11 Å². The summed E-state index contributed by atoms with van der Waals surface area (Å²) in [6.07, 6.45) is 2.18. The number of aryl methyl sites for hydroxylation is 3. The standard InChI is InChI=1S/C21H31N5O/c1-16-14-17(2)26(24-16)12-5-11-23-21(22-3)25-13-10-19(15-25)18-6-8-20(27-4)9-7-18/h6-9,14,19H,5,10-13,15H2,1-4H3,(H,22,23). The van der Waals surface area contributed by atoms with Gasteiger partial charge in [0, 0.05) is 44.8 Å². The zero-order valence-corrected chi connectivity index (χ0v) is 16.9. The van der Waals surface area contributed by atoms with Gasteiger partial charge in [0.1, 0.15) is 5.75 Å². The van der Waals surface area contributed by atoms with Crippen LogP contribution in [-0.2, 0) is 6.54 Å². The van der Waals surface area contributed by atoms with Crippen LogP contribution in [0.15, 0.2) is 35.3 Å². The fraction of sp³-hybridized carbons (Fsp3) is 0.524. The molecule has 0 radical (unpaired) electrons. The van der Waals surface area contributed by atoms with Crippen LogP contribution < -0.4 is 10.1 Å². The third kappa shape index (κ3) is 4.81. The van der Waals surface area contributed by atoms with Crippen LogP contribution in [0.3, 0.4) is 0 Å². The summed E-state index contributed by atoms with van der Waals surface area (Å²) in [5, 5.41) is 8.03. The summed E-state index contributed by atoms with van der Waals surface area (Å²) < 4.78 is 7.34. The summed E-state index contributed by atoms with van der Waals surface area (Å²) >= 11 is 0. The average Bonchev–Trinajstić information content (AvgIpc) is 3.28. The monoisotopic (exact) mass is 369 g/mol. The van der Waals surface area contributed by atoms with Crippen LogP contribution in [0.1, 0.15) is 35.7 Å². The van der Waals surface area contributed by atoms with Gasteiger partial charge in [-0.25, -0.2) is 0 Å². The highest BCUT2D eigenvalue weighted by Gasteiger charge is 2.25. The first kappa shape index (κ1) is 19.3. The fourth-order valence-electron chi connectivity index (χ4n) is 3.76. The Labute approximate surface area is 162 Å². The van der Waals surface area contributed by atoms with Crippen LogP contribution in [0.25, 0.3) is 0 Å². The smallest absolute Gasteiger partial charge is 0.193 e. The lowest BCUT2D eigenvalue weighted by Crippen LogP contribution is -2.40. The molecule has 1 aromatic carbocycles. The van der Waals surface area contributed by atoms with E-state index in [-0.39, 0.29) is 0 Å². The molecule has 1 aliphatic heterocycles. The lowest BCUT2D eigenvalue weighted by atomic mass is 9.98. The molecule has 3 rings (SSSR count). The second-order valence-electron chi connectivity index (χ2n) is 7.18. The molecule has 0 spiro atoms. The minimum absolute atomic E-state index is 0.546. The number of aromatic nitrogens is 2. The van der Waals surface area contributed by atoms with Crippen molar-refractivity contribution in [1.82, 2.24) is 20.0 Å². The molecule has 27 heavy (non-hydrogen) atoms. The SMILES string of the molecule is CN=C(NCCCn1nc(C)cc1C)N1CCC(c2ccc(OC)cc2)C1. The first-order valence-electron chi connectivity index (χ1n) is 9.71. The topological polar surface area (TPSA) is 54.7 Å². The van der Waals surface area contributed by atoms with Gasteiger partial charge in [-0.15, -0.1) is 0 Å². The summed E-state index contributed by atoms with van der Waals surface area (Å²) in [5.41, 5.74) is 3.68. The van der Waals surface area contributed by atoms with E-state index in [1.165, 1.54) is 11.3 Å². The number of nitrogens with zero attached hydrogens (tertiary/aromatic N) is 4. The molecule has 146 valence electrons. The second-order valence-corrected chi connectivity index (χ2v) is 7.18. The minimum Gasteiger partial charge on any atom is -0.497 e. The molecule has 1 N–H and O–H groups in total. The number of methoxy groups -OCH3 is 1. The molecule has 1 aromatic heterocycles. The molecule has 2 heterocycles. The zero-order chi connectivity index (χ0) is 19.2. The molecule has 1 atom stereocenters. The van der Waals surface area contributed by atoms with Crippen LogP contribution in [0.4, 0.5) is 0 Å². The van der Waals surface area contributed by atoms with Crippen molar-refractivity contribution in [2.75, 3.05) is 33.8 Å². The number of benzene rings is 1. The maximum atomic E-state index is 5.26. The fourth-order valence-corrected chi connectivity index (χ4v) is 3.76. The lowest BCUT2D eigenvalue weighted by molar-refractivity contribution is 0.414. The quantitative estimate of drug-likeness (QED) is 0.483. The largest absolute Gasteiger partial charge is 0.497 e. The predicted molar refractivity (Wildman–Crippen MR) is 110 cm³/mol. The maximum Gasteiger partial charge on any atom is 0.193 e. The normalized spacial score (nSPS) is 17.4. The van der Waals surface area contributed by atoms with Crippen LogP contribution in [0.2, 0.25) is 0 Å². The van der Waals surface area contributed by atoms with Gasteiger partial charge >= 0.3 is 0 Å². The molecule has 1 saturated heterocycles. The van der Waals surface area contributed by atoms with Gasteiger partial charge in [0.2, 0.25) is 0 Å². The number of ether oxygens (including phenoxy) is 1. The first-order valence-corrected chi connectivity index (χ1v) is 9.71. The summed E-state index contributed by atoms with van der Waals surface area (Å²) in [5.74, 6) is 2.46. The Balaban J connectivity index is 1.47. The van der Waals surface area contributed by atoms with Crippen molar-refractivity contribution < 1.29 is 4.74 Å². The van der Waals surface area contributed by atoms with Gasteiger partial charge in [0.25, 0.3) is 0 Å². The number of rotatable bonds is 6. The van der Waals surface area contributed by atoms with Gasteiger partial charge in [-0.2, -0.15) is 5.10 Å². The van der Waals surface area contributed by atoms with Crippen molar-refractivity contribution in [3.63, 3.8) is 0 Å². The van der Waals surface area contributed by atoms with Gasteiger partial charge < -0.3 is 15.0 Å². The first-order chi connectivity index (χ1) is 13.1. The van der Waals surface area contributed by atoms with E-state index < -0.39 is 0 Å². The highest BCUT2D eigenvalue weighted by molar-refractivity contribution is 5.80. The van der Waals surface area contributed by atoms with Crippen molar-refractivity contribution in [1.29, 1.82) is 0 Å².